The summed E-state index contributed by atoms with van der Waals surface area (Å²) in [5.74, 6) is 0.263. The lowest BCUT2D eigenvalue weighted by Crippen LogP contribution is -2.48. The highest BCUT2D eigenvalue weighted by Crippen LogP contribution is 2.24. The normalized spacial score (nSPS) is 28.8. The molecule has 2 fully saturated rings. The monoisotopic (exact) mass is 224 g/mol. The van der Waals surface area contributed by atoms with Crippen molar-refractivity contribution in [2.45, 2.75) is 51.5 Å². The molecule has 2 aliphatic rings. The van der Waals surface area contributed by atoms with E-state index in [2.05, 4.69) is 5.32 Å². The molecule has 1 heterocycles. The van der Waals surface area contributed by atoms with Gasteiger partial charge in [-0.05, 0) is 18.8 Å². The Morgan fingerprint density at radius 1 is 1.19 bits per heavy atom. The van der Waals surface area contributed by atoms with Crippen molar-refractivity contribution in [3.63, 3.8) is 0 Å². The van der Waals surface area contributed by atoms with E-state index in [1.165, 1.54) is 11.3 Å². The van der Waals surface area contributed by atoms with Crippen molar-refractivity contribution in [1.82, 2.24) is 10.2 Å². The van der Waals surface area contributed by atoms with E-state index < -0.39 is 0 Å². The lowest BCUT2D eigenvalue weighted by molar-refractivity contribution is -0.130. The van der Waals surface area contributed by atoms with Gasteiger partial charge in [0.2, 0.25) is 5.91 Å². The molecule has 1 aliphatic carbocycles. The molecule has 0 spiro atoms. The molecule has 1 aliphatic heterocycles. The SMILES string of the molecule is CC1CNC(=O)N(C2CCCCC2)C(=O)C1. The fourth-order valence-electron chi connectivity index (χ4n) is 2.64. The Morgan fingerprint density at radius 3 is 2.56 bits per heavy atom. The second-order valence-corrected chi connectivity index (χ2v) is 5.05. The van der Waals surface area contributed by atoms with Crippen LogP contribution in [-0.2, 0) is 4.79 Å². The van der Waals surface area contributed by atoms with Gasteiger partial charge in [-0.2, -0.15) is 0 Å². The summed E-state index contributed by atoms with van der Waals surface area (Å²) in [4.78, 5) is 25.4. The van der Waals surface area contributed by atoms with Gasteiger partial charge in [0.25, 0.3) is 0 Å². The molecule has 1 saturated carbocycles. The molecule has 90 valence electrons. The number of urea groups is 1. The summed E-state index contributed by atoms with van der Waals surface area (Å²) >= 11 is 0. The van der Waals surface area contributed by atoms with Crippen LogP contribution in [0.5, 0.6) is 0 Å². The molecule has 1 atom stereocenters. The van der Waals surface area contributed by atoms with Crippen molar-refractivity contribution >= 4 is 11.9 Å². The van der Waals surface area contributed by atoms with Crippen molar-refractivity contribution in [1.29, 1.82) is 0 Å². The Bertz CT molecular complexity index is 285. The van der Waals surface area contributed by atoms with E-state index in [-0.39, 0.29) is 23.9 Å². The van der Waals surface area contributed by atoms with Crippen LogP contribution < -0.4 is 5.32 Å². The maximum atomic E-state index is 12.0. The first-order valence-corrected chi connectivity index (χ1v) is 6.28. The summed E-state index contributed by atoms with van der Waals surface area (Å²) in [5.41, 5.74) is 0. The van der Waals surface area contributed by atoms with Crippen molar-refractivity contribution < 1.29 is 9.59 Å². The molecule has 2 rings (SSSR count). The largest absolute Gasteiger partial charge is 0.337 e. The number of amides is 3. The molecule has 3 amide bonds. The molecule has 0 bridgehead atoms. The zero-order valence-corrected chi connectivity index (χ0v) is 9.87. The number of imide groups is 1. The van der Waals surface area contributed by atoms with Gasteiger partial charge >= 0.3 is 6.03 Å². The minimum atomic E-state index is -0.179. The summed E-state index contributed by atoms with van der Waals surface area (Å²) in [5, 5.41) is 2.84. The zero-order valence-electron chi connectivity index (χ0n) is 9.87. The van der Waals surface area contributed by atoms with Crippen LogP contribution in [0.1, 0.15) is 45.4 Å². The third-order valence-corrected chi connectivity index (χ3v) is 3.55. The number of rotatable bonds is 1. The number of carbonyl (C=O) groups excluding carboxylic acids is 2. The second kappa shape index (κ2) is 4.85. The molecule has 4 heteroatoms. The first kappa shape index (κ1) is 11.4. The van der Waals surface area contributed by atoms with Gasteiger partial charge in [-0.1, -0.05) is 26.2 Å². The van der Waals surface area contributed by atoms with E-state index >= 15 is 0 Å². The molecular weight excluding hydrogens is 204 g/mol. The van der Waals surface area contributed by atoms with Crippen LogP contribution in [0, 0.1) is 5.92 Å². The molecule has 0 aromatic rings. The molecule has 1 N–H and O–H groups in total. The third-order valence-electron chi connectivity index (χ3n) is 3.55. The second-order valence-electron chi connectivity index (χ2n) is 5.05. The lowest BCUT2D eigenvalue weighted by atomic mass is 9.94. The highest BCUT2D eigenvalue weighted by molar-refractivity contribution is 5.95. The van der Waals surface area contributed by atoms with Gasteiger partial charge in [0, 0.05) is 19.0 Å². The van der Waals surface area contributed by atoms with Gasteiger partial charge in [0.15, 0.2) is 0 Å². The lowest BCUT2D eigenvalue weighted by Gasteiger charge is -2.31. The quantitative estimate of drug-likeness (QED) is 0.739. The van der Waals surface area contributed by atoms with E-state index in [0.717, 1.165) is 25.7 Å². The molecule has 1 saturated heterocycles. The van der Waals surface area contributed by atoms with Crippen LogP contribution in [-0.4, -0.2) is 29.4 Å². The van der Waals surface area contributed by atoms with Gasteiger partial charge in [-0.3, -0.25) is 9.69 Å². The number of hydrogen-bond donors (Lipinski definition) is 1. The smallest absolute Gasteiger partial charge is 0.324 e. The first-order chi connectivity index (χ1) is 7.68. The van der Waals surface area contributed by atoms with Crippen LogP contribution >= 0.6 is 0 Å². The Hall–Kier alpha value is -1.06. The fraction of sp³-hybridized carbons (Fsp3) is 0.833. The average Bonchev–Trinajstić information content (AvgIpc) is 2.39. The van der Waals surface area contributed by atoms with Gasteiger partial charge in [-0.15, -0.1) is 0 Å². The maximum absolute atomic E-state index is 12.0. The highest BCUT2D eigenvalue weighted by atomic mass is 16.2. The summed E-state index contributed by atoms with van der Waals surface area (Å²) in [6.07, 6.45) is 5.96. The van der Waals surface area contributed by atoms with Gasteiger partial charge in [0.05, 0.1) is 0 Å². The molecule has 4 nitrogen and oxygen atoms in total. The summed E-state index contributed by atoms with van der Waals surface area (Å²) < 4.78 is 0. The molecule has 1 unspecified atom stereocenters. The van der Waals surface area contributed by atoms with Crippen LogP contribution in [0.2, 0.25) is 0 Å². The maximum Gasteiger partial charge on any atom is 0.324 e. The Kier molecular flexibility index (Phi) is 3.46. The van der Waals surface area contributed by atoms with E-state index in [1.54, 1.807) is 0 Å². The number of nitrogens with one attached hydrogen (secondary N) is 1. The van der Waals surface area contributed by atoms with E-state index in [1.807, 2.05) is 6.92 Å². The molecule has 0 aromatic heterocycles. The predicted molar refractivity (Wildman–Crippen MR) is 60.9 cm³/mol. The summed E-state index contributed by atoms with van der Waals surface area (Å²) in [6, 6.07) is -0.0344. The minimum Gasteiger partial charge on any atom is -0.337 e. The van der Waals surface area contributed by atoms with Crippen LogP contribution in [0.4, 0.5) is 4.79 Å². The standard InChI is InChI=1S/C12H20N2O2/c1-9-7-11(15)14(12(16)13-8-9)10-5-3-2-4-6-10/h9-10H,2-8H2,1H3,(H,13,16). The van der Waals surface area contributed by atoms with E-state index in [4.69, 9.17) is 0 Å². The third kappa shape index (κ3) is 2.36. The fourth-order valence-corrected chi connectivity index (χ4v) is 2.64. The molecule has 0 radical (unpaired) electrons. The molecular formula is C12H20N2O2. The van der Waals surface area contributed by atoms with Crippen molar-refractivity contribution in [3.8, 4) is 0 Å². The Labute approximate surface area is 96.4 Å². The Balaban J connectivity index is 2.09. The zero-order chi connectivity index (χ0) is 11.5. The molecule has 0 aromatic carbocycles. The topological polar surface area (TPSA) is 49.4 Å². The van der Waals surface area contributed by atoms with Crippen LogP contribution in [0.3, 0.4) is 0 Å². The first-order valence-electron chi connectivity index (χ1n) is 6.28. The predicted octanol–water partition coefficient (Wildman–Crippen LogP) is 1.90. The summed E-state index contributed by atoms with van der Waals surface area (Å²) in [6.45, 7) is 2.62. The average molecular weight is 224 g/mol. The highest BCUT2D eigenvalue weighted by Gasteiger charge is 2.33. The van der Waals surface area contributed by atoms with Gasteiger partial charge in [0.1, 0.15) is 0 Å². The van der Waals surface area contributed by atoms with Gasteiger partial charge < -0.3 is 5.32 Å². The number of nitrogens with zero attached hydrogens (tertiary/aromatic N) is 1. The van der Waals surface area contributed by atoms with E-state index in [9.17, 15) is 9.59 Å². The van der Waals surface area contributed by atoms with Crippen molar-refractivity contribution in [2.75, 3.05) is 6.54 Å². The van der Waals surface area contributed by atoms with Crippen LogP contribution in [0.15, 0.2) is 0 Å². The molecule has 16 heavy (non-hydrogen) atoms. The summed E-state index contributed by atoms with van der Waals surface area (Å²) in [7, 11) is 0. The Morgan fingerprint density at radius 2 is 1.88 bits per heavy atom. The minimum absolute atomic E-state index is 0.00870. The van der Waals surface area contributed by atoms with Crippen molar-refractivity contribution in [2.24, 2.45) is 5.92 Å². The van der Waals surface area contributed by atoms with Crippen LogP contribution in [0.25, 0.3) is 0 Å². The number of hydrogen-bond acceptors (Lipinski definition) is 2. The van der Waals surface area contributed by atoms with Gasteiger partial charge in [-0.25, -0.2) is 4.79 Å². The number of carbonyl (C=O) groups is 2. The van der Waals surface area contributed by atoms with Crippen molar-refractivity contribution in [3.05, 3.63) is 0 Å². The van der Waals surface area contributed by atoms with E-state index in [0.29, 0.717) is 13.0 Å².